The van der Waals surface area contributed by atoms with Gasteiger partial charge >= 0.3 is 34.7 Å². The summed E-state index contributed by atoms with van der Waals surface area (Å²) < 4.78 is 0. The fraction of sp³-hybridized carbons (Fsp3) is 0.600. The second kappa shape index (κ2) is 18.4. The number of ketones is 6. The van der Waals surface area contributed by atoms with Gasteiger partial charge in [0, 0.05) is 81.5 Å². The molecule has 0 rings (SSSR count). The van der Waals surface area contributed by atoms with Crippen molar-refractivity contribution in [2.45, 2.75) is 60.8 Å². The molecule has 22 heavy (non-hydrogen) atoms. The minimum absolute atomic E-state index is 0. The molecule has 128 valence electrons. The second-order valence-electron chi connectivity index (χ2n) is 4.94. The standard InChI is InChI=1S/3C5H8O2.Gd/c3*1-4(6)3-5(2)7;/h3*3H2,1-2H3;/p+6. The van der Waals surface area contributed by atoms with E-state index >= 15 is 0 Å². The van der Waals surface area contributed by atoms with Crippen LogP contribution in [0.25, 0.3) is 0 Å². The van der Waals surface area contributed by atoms with E-state index in [4.69, 9.17) is 28.8 Å². The summed E-state index contributed by atoms with van der Waals surface area (Å²) in [7, 11) is 0. The number of rotatable bonds is 6. The van der Waals surface area contributed by atoms with E-state index in [1.807, 2.05) is 0 Å². The zero-order chi connectivity index (χ0) is 17.6. The van der Waals surface area contributed by atoms with Crippen molar-refractivity contribution in [3.8, 4) is 0 Å². The van der Waals surface area contributed by atoms with Crippen molar-refractivity contribution in [1.29, 1.82) is 0 Å². The fourth-order valence-corrected chi connectivity index (χ4v) is 1.11. The Labute approximate surface area is 163 Å². The third kappa shape index (κ3) is 50.6. The first-order valence-electron chi connectivity index (χ1n) is 6.46. The zero-order valence-corrected chi connectivity index (χ0v) is 16.4. The van der Waals surface area contributed by atoms with E-state index in [0.717, 1.165) is 0 Å². The summed E-state index contributed by atoms with van der Waals surface area (Å²) in [6.45, 7) is 9.33. The van der Waals surface area contributed by atoms with Gasteiger partial charge < -0.3 is 0 Å². The molecule has 6 N–H and O–H groups in total. The minimum atomic E-state index is 0. The van der Waals surface area contributed by atoms with Crippen LogP contribution in [-0.2, 0) is 0 Å². The maximum absolute atomic E-state index is 8.46. The van der Waals surface area contributed by atoms with Crippen LogP contribution >= 0.6 is 0 Å². The van der Waals surface area contributed by atoms with Crippen molar-refractivity contribution in [3.05, 3.63) is 0 Å². The van der Waals surface area contributed by atoms with Gasteiger partial charge in [-0.3, -0.25) is 28.8 Å². The molecule has 0 saturated heterocycles. The summed E-state index contributed by atoms with van der Waals surface area (Å²) in [5.41, 5.74) is 0. The molecule has 0 aromatic heterocycles. The van der Waals surface area contributed by atoms with Crippen molar-refractivity contribution in [2.24, 2.45) is 0 Å². The summed E-state index contributed by atoms with van der Waals surface area (Å²) in [4.78, 5) is 50.8. The molecule has 0 bridgehead atoms. The molecule has 6 nitrogen and oxygen atoms in total. The molecule has 0 amide bonds. The minimum Gasteiger partial charge on any atom is -0.283 e. The predicted octanol–water partition coefficient (Wildman–Crippen LogP) is 1.52. The van der Waals surface area contributed by atoms with Gasteiger partial charge in [0.15, 0.2) is 19.3 Å². The van der Waals surface area contributed by atoms with Gasteiger partial charge in [0.05, 0.1) is 0 Å². The molecule has 0 aliphatic rings. The molecule has 7 heteroatoms. The number of hydrogen-bond donors (Lipinski definition) is 0. The number of carbonyl (C=O) groups excluding carboxylic acids is 6. The Morgan fingerprint density at radius 1 is 0.409 bits per heavy atom. The van der Waals surface area contributed by atoms with Gasteiger partial charge in [-0.05, 0) is 0 Å². The first kappa shape index (κ1) is 29.4. The molecule has 0 atom stereocenters. The predicted molar refractivity (Wildman–Crippen MR) is 89.6 cm³/mol. The van der Waals surface area contributed by atoms with Crippen molar-refractivity contribution in [3.63, 3.8) is 0 Å². The summed E-state index contributed by atoms with van der Waals surface area (Å²) in [6.07, 6.45) is 0.917. The second-order valence-corrected chi connectivity index (χ2v) is 4.94. The Bertz CT molecular complexity index is 314. The number of hydrogen-bond acceptors (Lipinski definition) is 0. The Kier molecular flexibility index (Phi) is 24.6. The van der Waals surface area contributed by atoms with Gasteiger partial charge in [-0.25, -0.2) is 0 Å². The van der Waals surface area contributed by atoms with Gasteiger partial charge in [0.25, 0.3) is 0 Å². The molecule has 0 aliphatic carbocycles. The monoisotopic (exact) mass is 464 g/mol. The van der Waals surface area contributed by atoms with Gasteiger partial charge in [0.2, 0.25) is 0 Å². The van der Waals surface area contributed by atoms with Crippen molar-refractivity contribution in [1.82, 2.24) is 0 Å². The van der Waals surface area contributed by atoms with E-state index in [1.54, 1.807) is 41.5 Å². The van der Waals surface area contributed by atoms with Crippen LogP contribution in [0.4, 0.5) is 0 Å². The molecule has 0 aromatic rings. The Balaban J connectivity index is -0.000000108. The fourth-order valence-electron chi connectivity index (χ4n) is 1.11. The molecule has 0 unspecified atom stereocenters. The first-order chi connectivity index (χ1) is 9.38. The SMILES string of the molecule is CC(=[OH+])CC(C)=[OH+].CC(=[OH+])CC(C)=[OH+].CC(=[OH+])CC(C)=[OH+].[Gd]. The average molecular weight is 464 g/mol. The summed E-state index contributed by atoms with van der Waals surface area (Å²) in [6, 6.07) is 0. The van der Waals surface area contributed by atoms with E-state index < -0.39 is 0 Å². The van der Waals surface area contributed by atoms with Crippen LogP contribution in [-0.4, -0.2) is 63.5 Å². The molecular weight excluding hydrogens is 433 g/mol. The largest absolute Gasteiger partial charge is 0.302 e. The van der Waals surface area contributed by atoms with Gasteiger partial charge in [-0.15, -0.1) is 0 Å². The van der Waals surface area contributed by atoms with Crippen LogP contribution < -0.4 is 0 Å². The maximum Gasteiger partial charge on any atom is 0.302 e. The normalized spacial score (nSPS) is 7.91. The summed E-state index contributed by atoms with van der Waals surface area (Å²) >= 11 is 0. The van der Waals surface area contributed by atoms with Crippen LogP contribution in [0.5, 0.6) is 0 Å². The van der Waals surface area contributed by atoms with Crippen molar-refractivity contribution in [2.75, 3.05) is 0 Å². The van der Waals surface area contributed by atoms with Crippen LogP contribution in [0.3, 0.4) is 0 Å². The summed E-state index contributed by atoms with van der Waals surface area (Å²) in [5.74, 6) is 1.50. The first-order valence-corrected chi connectivity index (χ1v) is 6.46. The van der Waals surface area contributed by atoms with E-state index in [0.29, 0.717) is 19.3 Å². The van der Waals surface area contributed by atoms with Crippen molar-refractivity contribution < 1.29 is 68.7 Å². The Morgan fingerprint density at radius 3 is 0.500 bits per heavy atom. The van der Waals surface area contributed by atoms with Crippen LogP contribution in [0, 0.1) is 39.9 Å². The third-order valence-corrected chi connectivity index (χ3v) is 1.54. The van der Waals surface area contributed by atoms with E-state index in [-0.39, 0.29) is 74.6 Å². The quantitative estimate of drug-likeness (QED) is 0.418. The molecule has 0 spiro atoms. The van der Waals surface area contributed by atoms with Gasteiger partial charge in [-0.2, -0.15) is 0 Å². The molecule has 0 radical (unpaired) electrons. The van der Waals surface area contributed by atoms with E-state index in [1.165, 1.54) is 0 Å². The Hall–Kier alpha value is -0.655. The maximum atomic E-state index is 8.46. The van der Waals surface area contributed by atoms with Gasteiger partial charge in [0.1, 0.15) is 0 Å². The van der Waals surface area contributed by atoms with Crippen molar-refractivity contribution >= 4 is 34.7 Å². The smallest absolute Gasteiger partial charge is 0.283 e. The molecule has 0 saturated carbocycles. The molecule has 0 fully saturated rings. The third-order valence-electron chi connectivity index (χ3n) is 1.54. The van der Waals surface area contributed by atoms with E-state index in [2.05, 4.69) is 0 Å². The average Bonchev–Trinajstić information content (AvgIpc) is 2.10. The zero-order valence-electron chi connectivity index (χ0n) is 14.2. The topological polar surface area (TPSA) is 128 Å². The Morgan fingerprint density at radius 2 is 0.500 bits per heavy atom. The molecular formula is C15H30GdO6+6. The van der Waals surface area contributed by atoms with Crippen LogP contribution in [0.1, 0.15) is 60.8 Å². The summed E-state index contributed by atoms with van der Waals surface area (Å²) in [5, 5.41) is 0. The van der Waals surface area contributed by atoms with Gasteiger partial charge in [-0.1, -0.05) is 0 Å². The van der Waals surface area contributed by atoms with Crippen LogP contribution in [0.15, 0.2) is 0 Å². The molecule has 0 aliphatic heterocycles. The molecule has 0 heterocycles. The van der Waals surface area contributed by atoms with E-state index in [9.17, 15) is 0 Å². The molecule has 0 aromatic carbocycles. The van der Waals surface area contributed by atoms with Crippen LogP contribution in [0.2, 0.25) is 0 Å².